The number of amides is 1. The Hall–Kier alpha value is -2.70. The van der Waals surface area contributed by atoms with E-state index in [2.05, 4.69) is 15.5 Å². The van der Waals surface area contributed by atoms with Crippen molar-refractivity contribution in [2.45, 2.75) is 11.8 Å². The largest absolute Gasteiger partial charge is 1.00 e. The minimum absolute atomic E-state index is 0. The molecule has 1 amide bonds. The van der Waals surface area contributed by atoms with E-state index in [0.29, 0.717) is 22.2 Å². The van der Waals surface area contributed by atoms with E-state index >= 15 is 0 Å². The number of aryl methyl sites for hydroxylation is 1. The number of methoxy groups -OCH3 is 1. The summed E-state index contributed by atoms with van der Waals surface area (Å²) in [6.07, 6.45) is 0. The summed E-state index contributed by atoms with van der Waals surface area (Å²) in [6, 6.07) is 15.2. The van der Waals surface area contributed by atoms with Crippen LogP contribution in [-0.4, -0.2) is 26.0 Å². The second-order valence-corrected chi connectivity index (χ2v) is 10.1. The summed E-state index contributed by atoms with van der Waals surface area (Å²) in [7, 11) is -3.09. The molecule has 0 saturated carbocycles. The van der Waals surface area contributed by atoms with Crippen molar-refractivity contribution >= 4 is 67.1 Å². The fourth-order valence-corrected chi connectivity index (χ4v) is 4.86. The van der Waals surface area contributed by atoms with Gasteiger partial charge in [0.25, 0.3) is 16.0 Å². The van der Waals surface area contributed by atoms with Crippen LogP contribution in [0.4, 0.5) is 17.1 Å². The number of ether oxygens (including phenoxy) is 1. The Labute approximate surface area is 250 Å². The van der Waals surface area contributed by atoms with Gasteiger partial charge in [0.1, 0.15) is 11.4 Å². The first-order valence-electron chi connectivity index (χ1n) is 10.6. The van der Waals surface area contributed by atoms with Gasteiger partial charge in [-0.2, -0.15) is 13.5 Å². The van der Waals surface area contributed by atoms with Crippen LogP contribution in [0.5, 0.6) is 11.5 Å². The predicted octanol–water partition coefficient (Wildman–Crippen LogP) is 3.46. The summed E-state index contributed by atoms with van der Waals surface area (Å²) in [4.78, 5) is 12.6. The number of nitrogens with one attached hydrogen (secondary N) is 1. The van der Waals surface area contributed by atoms with Gasteiger partial charge in [0.05, 0.1) is 27.7 Å². The molecule has 9 nitrogen and oxygen atoms in total. The molecule has 0 aromatic heterocycles. The third-order valence-electron chi connectivity index (χ3n) is 5.41. The maximum atomic E-state index is 13.3. The number of hydrogen-bond acceptors (Lipinski definition) is 7. The van der Waals surface area contributed by atoms with Gasteiger partial charge in [-0.15, -0.1) is 5.11 Å². The van der Waals surface area contributed by atoms with Gasteiger partial charge in [0.15, 0.2) is 0 Å². The van der Waals surface area contributed by atoms with Crippen molar-refractivity contribution in [3.05, 3.63) is 81.8 Å². The van der Waals surface area contributed by atoms with Crippen molar-refractivity contribution in [3.63, 3.8) is 0 Å². The zero-order valence-corrected chi connectivity index (χ0v) is 24.6. The van der Waals surface area contributed by atoms with Crippen molar-refractivity contribution in [1.82, 2.24) is 0 Å². The number of carbonyl (C=O) groups is 1. The molecule has 38 heavy (non-hydrogen) atoms. The first kappa shape index (κ1) is 29.9. The number of anilines is 1. The molecular weight excluding hydrogens is 564 g/mol. The standard InChI is InChI=1S/C25H19Cl2N3O6S.Na/c1-13-9-18(26)20(12-22(13)37(33,34)35)29-30-23-16-6-4-3-5-14(16)10-17(24(23)31)25(32)28-15-7-8-21(36-2)19(27)11-15;/h3-12,31H,1-2H3,(H,28,32)(H,33,34,35);/q;+1/p-1. The molecule has 0 aliphatic rings. The Bertz CT molecular complexity index is 1700. The second kappa shape index (κ2) is 12.0. The number of nitrogens with zero attached hydrogens (tertiary/aromatic N) is 2. The quantitative estimate of drug-likeness (QED) is 0.203. The molecule has 4 rings (SSSR count). The van der Waals surface area contributed by atoms with Gasteiger partial charge in [0, 0.05) is 16.6 Å². The Balaban J connectivity index is 0.00000400. The Morgan fingerprint density at radius 1 is 1.03 bits per heavy atom. The van der Waals surface area contributed by atoms with Gasteiger partial charge >= 0.3 is 29.6 Å². The maximum Gasteiger partial charge on any atom is 1.00 e. The molecule has 0 spiro atoms. The van der Waals surface area contributed by atoms with Crippen LogP contribution in [0, 0.1) is 6.92 Å². The molecule has 0 heterocycles. The molecule has 190 valence electrons. The van der Waals surface area contributed by atoms with E-state index < -0.39 is 26.7 Å². The number of benzene rings is 4. The zero-order valence-electron chi connectivity index (χ0n) is 20.3. The van der Waals surface area contributed by atoms with Crippen LogP contribution >= 0.6 is 23.2 Å². The summed E-state index contributed by atoms with van der Waals surface area (Å²) < 4.78 is 37.9. The molecule has 0 aliphatic carbocycles. The monoisotopic (exact) mass is 581 g/mol. The first-order chi connectivity index (χ1) is 17.5. The SMILES string of the molecule is COc1ccc(NC(=O)c2cc3ccccc3c(N=Nc3cc(S(=O)(=O)O)c(C)cc3Cl)c2[O-])cc1Cl.[Na+]. The van der Waals surface area contributed by atoms with Crippen molar-refractivity contribution < 1.29 is 57.2 Å². The van der Waals surface area contributed by atoms with E-state index in [1.54, 1.807) is 36.4 Å². The Morgan fingerprint density at radius 3 is 2.39 bits per heavy atom. The number of rotatable bonds is 6. The molecule has 4 aromatic carbocycles. The molecule has 0 radical (unpaired) electrons. The van der Waals surface area contributed by atoms with Gasteiger partial charge in [-0.3, -0.25) is 9.35 Å². The van der Waals surface area contributed by atoms with Crippen molar-refractivity contribution in [1.29, 1.82) is 0 Å². The molecule has 0 atom stereocenters. The number of halogens is 2. The Kier molecular flexibility index (Phi) is 9.43. The molecule has 13 heteroatoms. The predicted molar refractivity (Wildman–Crippen MR) is 140 cm³/mol. The molecular formula is C25H18Cl2N3NaO6S. The summed E-state index contributed by atoms with van der Waals surface area (Å²) in [5, 5.41) is 25.3. The van der Waals surface area contributed by atoms with Gasteiger partial charge in [-0.05, 0) is 54.3 Å². The molecule has 0 bridgehead atoms. The van der Waals surface area contributed by atoms with Crippen LogP contribution < -0.4 is 44.7 Å². The molecule has 4 aromatic rings. The van der Waals surface area contributed by atoms with Gasteiger partial charge in [-0.25, -0.2) is 0 Å². The molecule has 0 saturated heterocycles. The van der Waals surface area contributed by atoms with Gasteiger partial charge < -0.3 is 15.2 Å². The van der Waals surface area contributed by atoms with Crippen molar-refractivity contribution in [2.75, 3.05) is 12.4 Å². The number of carbonyl (C=O) groups excluding carboxylic acids is 1. The maximum absolute atomic E-state index is 13.3. The van der Waals surface area contributed by atoms with E-state index in [9.17, 15) is 22.9 Å². The molecule has 0 unspecified atom stereocenters. The van der Waals surface area contributed by atoms with Gasteiger partial charge in [-0.1, -0.05) is 53.2 Å². The number of hydrogen-bond donors (Lipinski definition) is 2. The minimum atomic E-state index is -4.55. The van der Waals surface area contributed by atoms with E-state index in [-0.39, 0.29) is 62.1 Å². The summed E-state index contributed by atoms with van der Waals surface area (Å²) in [5.74, 6) is -0.988. The first-order valence-corrected chi connectivity index (χ1v) is 12.8. The third-order valence-corrected chi connectivity index (χ3v) is 7.00. The average Bonchev–Trinajstić information content (AvgIpc) is 2.83. The van der Waals surface area contributed by atoms with Crippen LogP contribution in [0.15, 0.2) is 75.8 Å². The molecule has 2 N–H and O–H groups in total. The second-order valence-electron chi connectivity index (χ2n) is 7.87. The Morgan fingerprint density at radius 2 is 1.74 bits per heavy atom. The average molecular weight is 582 g/mol. The van der Waals surface area contributed by atoms with Crippen LogP contribution in [0.3, 0.4) is 0 Å². The van der Waals surface area contributed by atoms with Crippen LogP contribution in [0.1, 0.15) is 15.9 Å². The summed E-state index contributed by atoms with van der Waals surface area (Å²) in [5.41, 5.74) is 0.106. The topological polar surface area (TPSA) is 140 Å². The smallest absolute Gasteiger partial charge is 0.870 e. The van der Waals surface area contributed by atoms with Gasteiger partial charge in [0.2, 0.25) is 0 Å². The summed E-state index contributed by atoms with van der Waals surface area (Å²) in [6.45, 7) is 1.46. The van der Waals surface area contributed by atoms with Crippen molar-refractivity contribution in [2.24, 2.45) is 10.2 Å². The molecule has 0 fully saturated rings. The van der Waals surface area contributed by atoms with Crippen molar-refractivity contribution in [3.8, 4) is 11.5 Å². The van der Waals surface area contributed by atoms with Crippen LogP contribution in [0.2, 0.25) is 10.0 Å². The number of azo groups is 1. The van der Waals surface area contributed by atoms with E-state index in [1.807, 2.05) is 0 Å². The zero-order chi connectivity index (χ0) is 26.9. The van der Waals surface area contributed by atoms with Crippen LogP contribution in [-0.2, 0) is 10.1 Å². The van der Waals surface area contributed by atoms with E-state index in [4.69, 9.17) is 27.9 Å². The fourth-order valence-electron chi connectivity index (χ4n) is 3.62. The van der Waals surface area contributed by atoms with Crippen LogP contribution in [0.25, 0.3) is 10.8 Å². The third kappa shape index (κ3) is 6.29. The normalized spacial score (nSPS) is 11.4. The minimum Gasteiger partial charge on any atom is -0.870 e. The van der Waals surface area contributed by atoms with E-state index in [0.717, 1.165) is 6.07 Å². The fraction of sp³-hybridized carbons (Fsp3) is 0.0800. The number of fused-ring (bicyclic) bond motifs is 1. The molecule has 0 aliphatic heterocycles. The summed E-state index contributed by atoms with van der Waals surface area (Å²) >= 11 is 12.3. The van der Waals surface area contributed by atoms with E-state index in [1.165, 1.54) is 32.2 Å².